The number of aromatic nitrogens is 1. The number of hydrogen-bond acceptors (Lipinski definition) is 3. The number of H-pyrrole nitrogens is 1. The van der Waals surface area contributed by atoms with Gasteiger partial charge in [-0.3, -0.25) is 4.79 Å². The fourth-order valence-electron chi connectivity index (χ4n) is 2.14. The summed E-state index contributed by atoms with van der Waals surface area (Å²) >= 11 is 0. The van der Waals surface area contributed by atoms with Crippen LogP contribution in [0, 0.1) is 11.3 Å². The van der Waals surface area contributed by atoms with Gasteiger partial charge in [0.1, 0.15) is 5.69 Å². The lowest BCUT2D eigenvalue weighted by molar-refractivity contribution is 0.102. The number of carbonyl (C=O) groups excluding carboxylic acids is 1. The van der Waals surface area contributed by atoms with Gasteiger partial charge in [-0.15, -0.1) is 0 Å². The van der Waals surface area contributed by atoms with Crippen molar-refractivity contribution in [3.8, 4) is 6.07 Å². The molecule has 102 valence electrons. The summed E-state index contributed by atoms with van der Waals surface area (Å²) in [5.41, 5.74) is 8.74. The number of nitrogens with one attached hydrogen (secondary N) is 2. The van der Waals surface area contributed by atoms with Gasteiger partial charge in [0.25, 0.3) is 5.91 Å². The van der Waals surface area contributed by atoms with E-state index in [1.807, 2.05) is 12.1 Å². The third-order valence-electron chi connectivity index (χ3n) is 3.14. The van der Waals surface area contributed by atoms with Gasteiger partial charge in [0.15, 0.2) is 0 Å². The number of aromatic amines is 1. The predicted molar refractivity (Wildman–Crippen MR) is 81.8 cm³/mol. The van der Waals surface area contributed by atoms with Crippen molar-refractivity contribution in [1.29, 1.82) is 5.26 Å². The number of carbonyl (C=O) groups is 1. The summed E-state index contributed by atoms with van der Waals surface area (Å²) < 4.78 is 0. The van der Waals surface area contributed by atoms with E-state index in [4.69, 9.17) is 11.0 Å². The molecule has 0 radical (unpaired) electrons. The molecule has 2 aromatic carbocycles. The van der Waals surface area contributed by atoms with Gasteiger partial charge in [0.2, 0.25) is 0 Å². The molecule has 0 saturated carbocycles. The summed E-state index contributed by atoms with van der Waals surface area (Å²) in [6.45, 7) is 0. The molecular formula is C16H12N4O. The van der Waals surface area contributed by atoms with Crippen molar-refractivity contribution < 1.29 is 4.79 Å². The Kier molecular flexibility index (Phi) is 3.05. The number of benzene rings is 2. The molecule has 0 spiro atoms. The Labute approximate surface area is 121 Å². The SMILES string of the molecule is N#Cc1cccc(NC(=O)c2cc3cc(N)ccc3[nH]2)c1. The Balaban J connectivity index is 1.88. The number of nitrogens with zero attached hydrogens (tertiary/aromatic N) is 1. The molecule has 0 saturated heterocycles. The second-order valence-electron chi connectivity index (χ2n) is 4.68. The number of nitrogen functional groups attached to an aromatic ring is 1. The molecule has 0 aliphatic carbocycles. The van der Waals surface area contributed by atoms with Gasteiger partial charge < -0.3 is 16.0 Å². The summed E-state index contributed by atoms with van der Waals surface area (Å²) in [4.78, 5) is 15.3. The minimum absolute atomic E-state index is 0.264. The van der Waals surface area contributed by atoms with Gasteiger partial charge in [-0.2, -0.15) is 5.26 Å². The van der Waals surface area contributed by atoms with Crippen LogP contribution in [0.5, 0.6) is 0 Å². The largest absolute Gasteiger partial charge is 0.399 e. The summed E-state index contributed by atoms with van der Waals surface area (Å²) in [5, 5.41) is 12.5. The summed E-state index contributed by atoms with van der Waals surface area (Å²) in [5.74, 6) is -0.264. The van der Waals surface area contributed by atoms with E-state index >= 15 is 0 Å². The topological polar surface area (TPSA) is 94.7 Å². The fourth-order valence-corrected chi connectivity index (χ4v) is 2.14. The number of nitriles is 1. The lowest BCUT2D eigenvalue weighted by atomic mass is 10.2. The van der Waals surface area contributed by atoms with Crippen molar-refractivity contribution in [3.05, 3.63) is 59.8 Å². The molecule has 3 aromatic rings. The average Bonchev–Trinajstić information content (AvgIpc) is 2.90. The molecule has 0 unspecified atom stereocenters. The fraction of sp³-hybridized carbons (Fsp3) is 0. The van der Waals surface area contributed by atoms with E-state index in [9.17, 15) is 4.79 Å². The van der Waals surface area contributed by atoms with E-state index in [0.29, 0.717) is 22.6 Å². The number of hydrogen-bond donors (Lipinski definition) is 3. The molecule has 4 N–H and O–H groups in total. The Morgan fingerprint density at radius 3 is 2.86 bits per heavy atom. The second kappa shape index (κ2) is 5.02. The van der Waals surface area contributed by atoms with Crippen LogP contribution in [0.15, 0.2) is 48.5 Å². The van der Waals surface area contributed by atoms with Gasteiger partial charge in [0, 0.05) is 22.3 Å². The molecule has 1 aromatic heterocycles. The van der Waals surface area contributed by atoms with Crippen molar-refractivity contribution in [2.45, 2.75) is 0 Å². The standard InChI is InChI=1S/C16H12N4O/c17-9-10-2-1-3-13(6-10)19-16(21)15-8-11-7-12(18)4-5-14(11)20-15/h1-8,20H,18H2,(H,19,21). The van der Waals surface area contributed by atoms with Crippen molar-refractivity contribution in [2.75, 3.05) is 11.1 Å². The first kappa shape index (κ1) is 12.8. The molecule has 0 aliphatic rings. The van der Waals surface area contributed by atoms with Crippen LogP contribution in [0.4, 0.5) is 11.4 Å². The molecule has 1 heterocycles. The molecule has 5 heteroatoms. The molecule has 0 bridgehead atoms. The summed E-state index contributed by atoms with van der Waals surface area (Å²) in [7, 11) is 0. The molecule has 5 nitrogen and oxygen atoms in total. The highest BCUT2D eigenvalue weighted by atomic mass is 16.1. The predicted octanol–water partition coefficient (Wildman–Crippen LogP) is 2.87. The molecular weight excluding hydrogens is 264 g/mol. The first-order valence-electron chi connectivity index (χ1n) is 6.35. The molecule has 0 fully saturated rings. The Morgan fingerprint density at radius 1 is 1.19 bits per heavy atom. The molecule has 3 rings (SSSR count). The number of nitrogens with two attached hydrogens (primary N) is 1. The van der Waals surface area contributed by atoms with Crippen LogP contribution < -0.4 is 11.1 Å². The van der Waals surface area contributed by atoms with Crippen molar-refractivity contribution in [2.24, 2.45) is 0 Å². The quantitative estimate of drug-likeness (QED) is 0.628. The number of anilines is 2. The Morgan fingerprint density at radius 2 is 2.05 bits per heavy atom. The summed E-state index contributed by atoms with van der Waals surface area (Å²) in [6.07, 6.45) is 0. The zero-order valence-electron chi connectivity index (χ0n) is 11.1. The van der Waals surface area contributed by atoms with Crippen molar-refractivity contribution >= 4 is 28.2 Å². The Hall–Kier alpha value is -3.26. The van der Waals surface area contributed by atoms with Gasteiger partial charge in [-0.25, -0.2) is 0 Å². The maximum Gasteiger partial charge on any atom is 0.272 e. The second-order valence-corrected chi connectivity index (χ2v) is 4.68. The van der Waals surface area contributed by atoms with Crippen LogP contribution in [-0.2, 0) is 0 Å². The Bertz CT molecular complexity index is 873. The van der Waals surface area contributed by atoms with Gasteiger partial charge in [-0.05, 0) is 42.5 Å². The van der Waals surface area contributed by atoms with Crippen molar-refractivity contribution in [1.82, 2.24) is 4.98 Å². The van der Waals surface area contributed by atoms with Gasteiger partial charge in [-0.1, -0.05) is 6.07 Å². The average molecular weight is 276 g/mol. The van der Waals surface area contributed by atoms with Crippen LogP contribution >= 0.6 is 0 Å². The van der Waals surface area contributed by atoms with E-state index in [2.05, 4.69) is 10.3 Å². The van der Waals surface area contributed by atoms with Crippen LogP contribution in [0.2, 0.25) is 0 Å². The number of fused-ring (bicyclic) bond motifs is 1. The zero-order valence-corrected chi connectivity index (χ0v) is 11.1. The van der Waals surface area contributed by atoms with Crippen LogP contribution in [0.3, 0.4) is 0 Å². The maximum absolute atomic E-state index is 12.2. The monoisotopic (exact) mass is 276 g/mol. The highest BCUT2D eigenvalue weighted by Crippen LogP contribution is 2.19. The van der Waals surface area contributed by atoms with Crippen molar-refractivity contribution in [3.63, 3.8) is 0 Å². The maximum atomic E-state index is 12.2. The molecule has 0 atom stereocenters. The normalized spacial score (nSPS) is 10.2. The van der Waals surface area contributed by atoms with Crippen LogP contribution in [-0.4, -0.2) is 10.9 Å². The highest BCUT2D eigenvalue weighted by Gasteiger charge is 2.10. The third kappa shape index (κ3) is 2.55. The van der Waals surface area contributed by atoms with E-state index in [-0.39, 0.29) is 5.91 Å². The van der Waals surface area contributed by atoms with Gasteiger partial charge in [0.05, 0.1) is 11.6 Å². The molecule has 0 aliphatic heterocycles. The lowest BCUT2D eigenvalue weighted by Crippen LogP contribution is -2.12. The van der Waals surface area contributed by atoms with E-state index in [1.165, 1.54) is 0 Å². The van der Waals surface area contributed by atoms with Crippen LogP contribution in [0.1, 0.15) is 16.1 Å². The highest BCUT2D eigenvalue weighted by molar-refractivity contribution is 6.06. The summed E-state index contributed by atoms with van der Waals surface area (Å²) in [6, 6.07) is 16.0. The first-order chi connectivity index (χ1) is 10.2. The van der Waals surface area contributed by atoms with Crippen LogP contribution in [0.25, 0.3) is 10.9 Å². The van der Waals surface area contributed by atoms with E-state index in [1.54, 1.807) is 42.5 Å². The number of amides is 1. The smallest absolute Gasteiger partial charge is 0.272 e. The molecule has 1 amide bonds. The zero-order chi connectivity index (χ0) is 14.8. The minimum atomic E-state index is -0.264. The third-order valence-corrected chi connectivity index (χ3v) is 3.14. The first-order valence-corrected chi connectivity index (χ1v) is 6.35. The lowest BCUT2D eigenvalue weighted by Gasteiger charge is -2.03. The van der Waals surface area contributed by atoms with E-state index < -0.39 is 0 Å². The van der Waals surface area contributed by atoms with Gasteiger partial charge >= 0.3 is 0 Å². The number of rotatable bonds is 2. The minimum Gasteiger partial charge on any atom is -0.399 e. The van der Waals surface area contributed by atoms with E-state index in [0.717, 1.165) is 10.9 Å². The molecule has 21 heavy (non-hydrogen) atoms.